The fourth-order valence-electron chi connectivity index (χ4n) is 5.48. The molecule has 1 aliphatic rings. The highest BCUT2D eigenvalue weighted by Crippen LogP contribution is 2.27. The second-order valence-electron chi connectivity index (χ2n) is 10.2. The molecule has 4 aromatic rings. The van der Waals surface area contributed by atoms with Crippen molar-refractivity contribution in [2.45, 2.75) is 64.0 Å². The number of H-pyrrole nitrogens is 1. The summed E-state index contributed by atoms with van der Waals surface area (Å²) in [7, 11) is 0. The van der Waals surface area contributed by atoms with Gasteiger partial charge in [0.25, 0.3) is 11.5 Å². The topological polar surface area (TPSA) is 123 Å². The highest BCUT2D eigenvalue weighted by molar-refractivity contribution is 5.98. The molecule has 0 radical (unpaired) electrons. The zero-order chi connectivity index (χ0) is 26.6. The molecule has 38 heavy (non-hydrogen) atoms. The van der Waals surface area contributed by atoms with Crippen molar-refractivity contribution in [1.82, 2.24) is 19.9 Å². The third-order valence-corrected chi connectivity index (χ3v) is 7.35. The summed E-state index contributed by atoms with van der Waals surface area (Å²) in [6.45, 7) is 1.74. The van der Waals surface area contributed by atoms with Crippen LogP contribution in [0, 0.1) is 0 Å². The molecule has 2 aromatic carbocycles. The van der Waals surface area contributed by atoms with Crippen molar-refractivity contribution in [3.63, 3.8) is 0 Å². The Hall–Kier alpha value is -4.20. The maximum absolute atomic E-state index is 14.0. The molecule has 1 saturated carbocycles. The summed E-state index contributed by atoms with van der Waals surface area (Å²) < 4.78 is 1.43. The number of aromatic nitrogens is 3. The Bertz CT molecular complexity index is 1520. The summed E-state index contributed by atoms with van der Waals surface area (Å²) in [6, 6.07) is 16.7. The van der Waals surface area contributed by atoms with Gasteiger partial charge >= 0.3 is 0 Å². The van der Waals surface area contributed by atoms with Gasteiger partial charge in [-0.15, -0.1) is 0 Å². The van der Waals surface area contributed by atoms with Gasteiger partial charge in [0.1, 0.15) is 17.1 Å². The van der Waals surface area contributed by atoms with E-state index in [0.717, 1.165) is 54.1 Å². The van der Waals surface area contributed by atoms with Gasteiger partial charge < -0.3 is 16.0 Å². The minimum Gasteiger partial charge on any atom is -0.370 e. The lowest BCUT2D eigenvalue weighted by molar-refractivity contribution is -0.118. The van der Waals surface area contributed by atoms with Crippen LogP contribution in [0.5, 0.6) is 0 Å². The summed E-state index contributed by atoms with van der Waals surface area (Å²) in [5.74, 6) is -0.894. The molecule has 0 bridgehead atoms. The molecule has 0 aliphatic heterocycles. The van der Waals surface area contributed by atoms with Gasteiger partial charge in [-0.25, -0.2) is 4.98 Å². The molecular formula is C30H33N5O3. The van der Waals surface area contributed by atoms with Gasteiger partial charge in [-0.05, 0) is 31.4 Å². The van der Waals surface area contributed by atoms with Crippen LogP contribution in [0.4, 0.5) is 0 Å². The molecule has 5 rings (SSSR count). The summed E-state index contributed by atoms with van der Waals surface area (Å²) in [4.78, 5) is 47.9. The number of aromatic amines is 1. The average Bonchev–Trinajstić information content (AvgIpc) is 3.32. The SMILES string of the molecule is CC(CC(N)=O)n1c(C(=O)NC2CCCCC2)c(-c2ccccc2)nc(Cc2c[nH]c3ccccc23)c1=O. The van der Waals surface area contributed by atoms with Gasteiger partial charge in [0.15, 0.2) is 0 Å². The number of nitrogens with zero attached hydrogens (tertiary/aromatic N) is 2. The summed E-state index contributed by atoms with van der Waals surface area (Å²) in [5.41, 5.74) is 8.67. The van der Waals surface area contributed by atoms with Crippen LogP contribution < -0.4 is 16.6 Å². The van der Waals surface area contributed by atoms with Crippen molar-refractivity contribution >= 4 is 22.7 Å². The molecule has 2 aromatic heterocycles. The van der Waals surface area contributed by atoms with Crippen molar-refractivity contribution < 1.29 is 9.59 Å². The smallest absolute Gasteiger partial charge is 0.273 e. The molecule has 1 atom stereocenters. The molecule has 2 heterocycles. The van der Waals surface area contributed by atoms with E-state index in [2.05, 4.69) is 10.3 Å². The minimum atomic E-state index is -0.626. The maximum atomic E-state index is 14.0. The Morgan fingerprint density at radius 3 is 2.53 bits per heavy atom. The number of benzene rings is 2. The Balaban J connectivity index is 1.68. The van der Waals surface area contributed by atoms with Gasteiger partial charge in [-0.1, -0.05) is 67.8 Å². The normalized spacial score (nSPS) is 14.9. The Morgan fingerprint density at radius 2 is 1.79 bits per heavy atom. The fraction of sp³-hybridized carbons (Fsp3) is 0.333. The standard InChI is InChI=1S/C30H33N5O3/c1-19(16-26(31)36)35-28(29(37)33-22-12-6-3-7-13-22)27(20-10-4-2-5-11-20)34-25(30(35)38)17-21-18-32-24-15-9-8-14-23(21)24/h2,4-5,8-11,14-15,18-19,22,32H,3,6-7,12-13,16-17H2,1H3,(H2,31,36)(H,33,37). The molecule has 196 valence electrons. The van der Waals surface area contributed by atoms with E-state index in [1.165, 1.54) is 4.57 Å². The zero-order valence-corrected chi connectivity index (χ0v) is 21.6. The van der Waals surface area contributed by atoms with Crippen LogP contribution in [0.2, 0.25) is 0 Å². The average molecular weight is 512 g/mol. The molecule has 2 amide bonds. The van der Waals surface area contributed by atoms with E-state index in [4.69, 9.17) is 10.7 Å². The van der Waals surface area contributed by atoms with Crippen molar-refractivity contribution in [2.24, 2.45) is 5.73 Å². The van der Waals surface area contributed by atoms with Crippen LogP contribution in [0.1, 0.15) is 73.2 Å². The summed E-state index contributed by atoms with van der Waals surface area (Å²) in [6.07, 6.45) is 7.16. The van der Waals surface area contributed by atoms with Gasteiger partial charge in [0.2, 0.25) is 5.91 Å². The van der Waals surface area contributed by atoms with E-state index in [1.807, 2.05) is 60.8 Å². The first-order chi connectivity index (χ1) is 18.4. The van der Waals surface area contributed by atoms with E-state index >= 15 is 0 Å². The van der Waals surface area contributed by atoms with E-state index < -0.39 is 17.5 Å². The first-order valence-electron chi connectivity index (χ1n) is 13.3. The van der Waals surface area contributed by atoms with Crippen LogP contribution in [0.15, 0.2) is 65.6 Å². The number of hydrogen-bond donors (Lipinski definition) is 3. The molecule has 0 spiro atoms. The van der Waals surface area contributed by atoms with Crippen LogP contribution in [-0.2, 0) is 11.2 Å². The molecule has 8 nitrogen and oxygen atoms in total. The Labute approximate surface area is 221 Å². The second kappa shape index (κ2) is 11.0. The monoisotopic (exact) mass is 511 g/mol. The first kappa shape index (κ1) is 25.4. The van der Waals surface area contributed by atoms with E-state index in [1.54, 1.807) is 6.92 Å². The lowest BCUT2D eigenvalue weighted by Gasteiger charge is -2.26. The van der Waals surface area contributed by atoms with E-state index in [0.29, 0.717) is 11.4 Å². The third-order valence-electron chi connectivity index (χ3n) is 7.35. The quantitative estimate of drug-likeness (QED) is 0.323. The fourth-order valence-corrected chi connectivity index (χ4v) is 5.48. The largest absolute Gasteiger partial charge is 0.370 e. The van der Waals surface area contributed by atoms with E-state index in [-0.39, 0.29) is 30.5 Å². The highest BCUT2D eigenvalue weighted by atomic mass is 16.2. The molecule has 4 N–H and O–H groups in total. The lowest BCUT2D eigenvalue weighted by atomic mass is 9.95. The second-order valence-corrected chi connectivity index (χ2v) is 10.2. The van der Waals surface area contributed by atoms with Crippen LogP contribution >= 0.6 is 0 Å². The van der Waals surface area contributed by atoms with Crippen molar-refractivity contribution in [1.29, 1.82) is 0 Å². The van der Waals surface area contributed by atoms with Crippen molar-refractivity contribution in [3.05, 3.63) is 88.1 Å². The zero-order valence-electron chi connectivity index (χ0n) is 21.6. The predicted molar refractivity (Wildman–Crippen MR) is 148 cm³/mol. The van der Waals surface area contributed by atoms with Gasteiger partial charge in [-0.3, -0.25) is 19.0 Å². The van der Waals surface area contributed by atoms with Gasteiger partial charge in [-0.2, -0.15) is 0 Å². The lowest BCUT2D eigenvalue weighted by Crippen LogP contribution is -2.42. The number of para-hydroxylation sites is 1. The predicted octanol–water partition coefficient (Wildman–Crippen LogP) is 4.48. The molecular weight excluding hydrogens is 478 g/mol. The van der Waals surface area contributed by atoms with Gasteiger partial charge in [0, 0.05) is 47.6 Å². The first-order valence-corrected chi connectivity index (χ1v) is 13.3. The number of carbonyl (C=O) groups excluding carboxylic acids is 2. The van der Waals surface area contributed by atoms with Crippen molar-refractivity contribution in [3.8, 4) is 11.3 Å². The number of nitrogens with one attached hydrogen (secondary N) is 2. The van der Waals surface area contributed by atoms with Crippen molar-refractivity contribution in [2.75, 3.05) is 0 Å². The van der Waals surface area contributed by atoms with Crippen LogP contribution in [0.25, 0.3) is 22.2 Å². The molecule has 8 heteroatoms. The number of nitrogens with two attached hydrogens (primary N) is 1. The van der Waals surface area contributed by atoms with Gasteiger partial charge in [0.05, 0.1) is 0 Å². The minimum absolute atomic E-state index is 0.0424. The summed E-state index contributed by atoms with van der Waals surface area (Å²) >= 11 is 0. The van der Waals surface area contributed by atoms with Crippen LogP contribution in [0.3, 0.4) is 0 Å². The molecule has 0 saturated heterocycles. The maximum Gasteiger partial charge on any atom is 0.273 e. The number of primary amides is 1. The third kappa shape index (κ3) is 5.25. The summed E-state index contributed by atoms with van der Waals surface area (Å²) in [5, 5.41) is 4.16. The number of hydrogen-bond acceptors (Lipinski definition) is 4. The Kier molecular flexibility index (Phi) is 7.40. The number of fused-ring (bicyclic) bond motifs is 1. The number of carbonyl (C=O) groups is 2. The molecule has 1 aliphatic carbocycles. The van der Waals surface area contributed by atoms with Crippen LogP contribution in [-0.4, -0.2) is 32.4 Å². The Morgan fingerprint density at radius 1 is 1.08 bits per heavy atom. The number of rotatable bonds is 8. The molecule has 1 unspecified atom stereocenters. The molecule has 1 fully saturated rings. The number of amides is 2. The highest BCUT2D eigenvalue weighted by Gasteiger charge is 2.28. The van der Waals surface area contributed by atoms with E-state index in [9.17, 15) is 14.4 Å².